The van der Waals surface area contributed by atoms with Crippen LogP contribution in [0.3, 0.4) is 0 Å². The minimum atomic E-state index is -3.80. The fourth-order valence-corrected chi connectivity index (χ4v) is 5.40. The molecule has 0 bridgehead atoms. The first-order valence-corrected chi connectivity index (χ1v) is 11.7. The van der Waals surface area contributed by atoms with Gasteiger partial charge in [0.25, 0.3) is 11.6 Å². The average molecular weight is 493 g/mol. The lowest BCUT2D eigenvalue weighted by molar-refractivity contribution is -0.385. The standard InChI is InChI=1S/C20H17ClN4O5S2/c1-3-9-24(10-4-2)32(29,30)14-6-7-16-18(12-14)31-20(22-16)23-19(26)15-11-13(21)5-8-17(15)25(27)28/h3-8,11-12H,1-2,9-10H2,(H,22,23,26). The summed E-state index contributed by atoms with van der Waals surface area (Å²) in [6, 6.07) is 8.06. The molecule has 32 heavy (non-hydrogen) atoms. The first-order valence-electron chi connectivity index (χ1n) is 9.05. The van der Waals surface area contributed by atoms with Crippen molar-refractivity contribution >= 4 is 59.9 Å². The van der Waals surface area contributed by atoms with Crippen LogP contribution in [0.2, 0.25) is 5.02 Å². The number of aromatic nitrogens is 1. The minimum Gasteiger partial charge on any atom is -0.298 e. The number of nitrogens with one attached hydrogen (secondary N) is 1. The second kappa shape index (κ2) is 9.57. The van der Waals surface area contributed by atoms with Gasteiger partial charge >= 0.3 is 0 Å². The van der Waals surface area contributed by atoms with Crippen molar-refractivity contribution in [3.05, 3.63) is 82.4 Å². The molecule has 166 valence electrons. The lowest BCUT2D eigenvalue weighted by atomic mass is 10.1. The zero-order valence-corrected chi connectivity index (χ0v) is 18.9. The van der Waals surface area contributed by atoms with E-state index in [1.54, 1.807) is 0 Å². The molecule has 0 saturated heterocycles. The molecular formula is C20H17ClN4O5S2. The first kappa shape index (κ1) is 23.5. The van der Waals surface area contributed by atoms with E-state index in [9.17, 15) is 23.3 Å². The Hall–Kier alpha value is -3.12. The van der Waals surface area contributed by atoms with Crippen molar-refractivity contribution in [1.82, 2.24) is 9.29 Å². The highest BCUT2D eigenvalue weighted by Crippen LogP contribution is 2.30. The van der Waals surface area contributed by atoms with Gasteiger partial charge in [-0.05, 0) is 30.3 Å². The molecule has 2 aromatic carbocycles. The number of hydrogen-bond acceptors (Lipinski definition) is 7. The van der Waals surface area contributed by atoms with Crippen LogP contribution in [0.15, 0.2) is 66.6 Å². The Bertz CT molecular complexity index is 1330. The first-order chi connectivity index (χ1) is 15.2. The zero-order valence-electron chi connectivity index (χ0n) is 16.5. The molecule has 1 amide bonds. The second-order valence-electron chi connectivity index (χ2n) is 6.42. The number of anilines is 1. The highest BCUT2D eigenvalue weighted by molar-refractivity contribution is 7.89. The highest BCUT2D eigenvalue weighted by Gasteiger charge is 2.24. The predicted octanol–water partition coefficient (Wildman–Crippen LogP) is 4.47. The number of fused-ring (bicyclic) bond motifs is 1. The van der Waals surface area contributed by atoms with Gasteiger partial charge in [0.1, 0.15) is 5.56 Å². The number of nitro groups is 1. The van der Waals surface area contributed by atoms with Crippen molar-refractivity contribution in [3.8, 4) is 0 Å². The Kier molecular flexibility index (Phi) is 7.04. The third kappa shape index (κ3) is 4.86. The van der Waals surface area contributed by atoms with Crippen molar-refractivity contribution < 1.29 is 18.1 Å². The van der Waals surface area contributed by atoms with Crippen LogP contribution in [0.4, 0.5) is 10.8 Å². The van der Waals surface area contributed by atoms with E-state index in [1.807, 2.05) is 0 Å². The lowest BCUT2D eigenvalue weighted by Gasteiger charge is -2.18. The maximum absolute atomic E-state index is 12.9. The molecule has 0 atom stereocenters. The molecule has 1 N–H and O–H groups in total. The van der Waals surface area contributed by atoms with Crippen LogP contribution in [0, 0.1) is 10.1 Å². The largest absolute Gasteiger partial charge is 0.298 e. The number of thiazole rings is 1. The SMILES string of the molecule is C=CCN(CC=C)S(=O)(=O)c1ccc2nc(NC(=O)c3cc(Cl)ccc3[N+](=O)[O-])sc2c1. The third-order valence-electron chi connectivity index (χ3n) is 4.28. The predicted molar refractivity (Wildman–Crippen MR) is 125 cm³/mol. The number of benzene rings is 2. The molecule has 0 fully saturated rings. The van der Waals surface area contributed by atoms with Gasteiger partial charge in [0.15, 0.2) is 5.13 Å². The Morgan fingerprint density at radius 3 is 2.53 bits per heavy atom. The maximum atomic E-state index is 12.9. The third-order valence-corrected chi connectivity index (χ3v) is 7.28. The molecule has 0 radical (unpaired) electrons. The Labute approximate surface area is 192 Å². The van der Waals surface area contributed by atoms with Crippen LogP contribution >= 0.6 is 22.9 Å². The summed E-state index contributed by atoms with van der Waals surface area (Å²) in [6.45, 7) is 7.40. The summed E-state index contributed by atoms with van der Waals surface area (Å²) in [7, 11) is -3.80. The van der Waals surface area contributed by atoms with Gasteiger partial charge in [-0.25, -0.2) is 13.4 Å². The molecule has 3 aromatic rings. The number of halogens is 1. The summed E-state index contributed by atoms with van der Waals surface area (Å²) in [5.74, 6) is -0.755. The van der Waals surface area contributed by atoms with Gasteiger partial charge in [0.2, 0.25) is 10.0 Å². The summed E-state index contributed by atoms with van der Waals surface area (Å²) in [6.07, 6.45) is 2.96. The van der Waals surface area contributed by atoms with Gasteiger partial charge in [0, 0.05) is 24.2 Å². The molecule has 0 aliphatic heterocycles. The number of sulfonamides is 1. The van der Waals surface area contributed by atoms with E-state index < -0.39 is 26.5 Å². The van der Waals surface area contributed by atoms with Gasteiger partial charge in [-0.2, -0.15) is 4.31 Å². The number of carbonyl (C=O) groups excluding carboxylic acids is 1. The van der Waals surface area contributed by atoms with Gasteiger partial charge in [-0.1, -0.05) is 35.1 Å². The van der Waals surface area contributed by atoms with Crippen LogP contribution in [0.25, 0.3) is 10.2 Å². The minimum absolute atomic E-state index is 0.0562. The quantitative estimate of drug-likeness (QED) is 0.267. The Balaban J connectivity index is 1.93. The van der Waals surface area contributed by atoms with Crippen LogP contribution < -0.4 is 5.32 Å². The number of carbonyl (C=O) groups is 1. The van der Waals surface area contributed by atoms with Gasteiger partial charge in [-0.15, -0.1) is 13.2 Å². The van der Waals surface area contributed by atoms with Crippen molar-refractivity contribution in [2.45, 2.75) is 4.90 Å². The number of hydrogen-bond donors (Lipinski definition) is 1. The van der Waals surface area contributed by atoms with E-state index in [-0.39, 0.29) is 33.7 Å². The number of rotatable bonds is 9. The van der Waals surface area contributed by atoms with Gasteiger partial charge < -0.3 is 0 Å². The molecule has 9 nitrogen and oxygen atoms in total. The molecule has 12 heteroatoms. The molecule has 0 unspecified atom stereocenters. The fraction of sp³-hybridized carbons (Fsp3) is 0.100. The van der Waals surface area contributed by atoms with Crippen LogP contribution in [0.1, 0.15) is 10.4 Å². The summed E-state index contributed by atoms with van der Waals surface area (Å²) < 4.78 is 27.6. The molecule has 1 aromatic heterocycles. The number of nitro benzene ring substituents is 1. The fourth-order valence-electron chi connectivity index (χ4n) is 2.84. The summed E-state index contributed by atoms with van der Waals surface area (Å²) in [4.78, 5) is 27.4. The van der Waals surface area contributed by atoms with Crippen LogP contribution in [-0.2, 0) is 10.0 Å². The van der Waals surface area contributed by atoms with Crippen molar-refractivity contribution in [2.75, 3.05) is 18.4 Å². The number of amides is 1. The van der Waals surface area contributed by atoms with Gasteiger partial charge in [-0.3, -0.25) is 20.2 Å². The van der Waals surface area contributed by atoms with Crippen molar-refractivity contribution in [2.24, 2.45) is 0 Å². The molecule has 0 saturated carbocycles. The zero-order chi connectivity index (χ0) is 23.5. The Morgan fingerprint density at radius 2 is 1.91 bits per heavy atom. The average Bonchev–Trinajstić information content (AvgIpc) is 3.14. The van der Waals surface area contributed by atoms with Crippen LogP contribution in [-0.4, -0.2) is 41.6 Å². The van der Waals surface area contributed by atoms with E-state index in [0.29, 0.717) is 10.2 Å². The van der Waals surface area contributed by atoms with Crippen LogP contribution in [0.5, 0.6) is 0 Å². The second-order valence-corrected chi connectivity index (χ2v) is 9.83. The molecule has 0 aliphatic rings. The highest BCUT2D eigenvalue weighted by atomic mass is 35.5. The normalized spacial score (nSPS) is 11.4. The summed E-state index contributed by atoms with van der Waals surface area (Å²) in [5, 5.41) is 14.0. The van der Waals surface area contributed by atoms with E-state index >= 15 is 0 Å². The smallest absolute Gasteiger partial charge is 0.282 e. The summed E-state index contributed by atoms with van der Waals surface area (Å²) in [5.41, 5.74) is -0.149. The van der Waals surface area contributed by atoms with Crippen molar-refractivity contribution in [3.63, 3.8) is 0 Å². The lowest BCUT2D eigenvalue weighted by Crippen LogP contribution is -2.31. The monoisotopic (exact) mass is 492 g/mol. The molecule has 0 aliphatic carbocycles. The van der Waals surface area contributed by atoms with E-state index in [0.717, 1.165) is 17.4 Å². The number of nitrogens with zero attached hydrogens (tertiary/aromatic N) is 3. The Morgan fingerprint density at radius 1 is 1.22 bits per heavy atom. The maximum Gasteiger partial charge on any atom is 0.282 e. The molecular weight excluding hydrogens is 476 g/mol. The van der Waals surface area contributed by atoms with E-state index in [4.69, 9.17) is 11.6 Å². The summed E-state index contributed by atoms with van der Waals surface area (Å²) >= 11 is 6.91. The topological polar surface area (TPSA) is 123 Å². The van der Waals surface area contributed by atoms with E-state index in [2.05, 4.69) is 23.5 Å². The molecule has 1 heterocycles. The van der Waals surface area contributed by atoms with Gasteiger partial charge in [0.05, 0.1) is 20.0 Å². The van der Waals surface area contributed by atoms with E-state index in [1.165, 1.54) is 46.8 Å². The van der Waals surface area contributed by atoms with Crippen molar-refractivity contribution in [1.29, 1.82) is 0 Å². The molecule has 3 rings (SSSR count). The molecule has 0 spiro atoms.